The van der Waals surface area contributed by atoms with Crippen molar-refractivity contribution in [3.05, 3.63) is 58.7 Å². The average molecular weight is 270 g/mol. The maximum Gasteiger partial charge on any atom is 0.0944 e. The van der Waals surface area contributed by atoms with E-state index < -0.39 is 0 Å². The number of hydrogen-bond donors (Lipinski definition) is 2. The van der Waals surface area contributed by atoms with Gasteiger partial charge in [-0.1, -0.05) is 18.2 Å². The first-order chi connectivity index (χ1) is 9.38. The van der Waals surface area contributed by atoms with Gasteiger partial charge in [0.05, 0.1) is 16.6 Å². The van der Waals surface area contributed by atoms with Gasteiger partial charge in [0.1, 0.15) is 0 Å². The molecule has 4 nitrogen and oxygen atoms in total. The smallest absolute Gasteiger partial charge is 0.0944 e. The molecule has 5 heteroatoms. The van der Waals surface area contributed by atoms with Gasteiger partial charge < -0.3 is 0 Å². The molecule has 0 amide bonds. The number of fused-ring (bicyclic) bond motifs is 1. The summed E-state index contributed by atoms with van der Waals surface area (Å²) in [6.45, 7) is 0. The fraction of sp³-hybridized carbons (Fsp3) is 0.143. The quantitative estimate of drug-likeness (QED) is 0.564. The highest BCUT2D eigenvalue weighted by Crippen LogP contribution is 2.25. The van der Waals surface area contributed by atoms with Gasteiger partial charge in [0.15, 0.2) is 0 Å². The van der Waals surface area contributed by atoms with Crippen LogP contribution in [0.2, 0.25) is 0 Å². The Morgan fingerprint density at radius 3 is 2.89 bits per heavy atom. The lowest BCUT2D eigenvalue weighted by Crippen LogP contribution is -2.29. The Labute approximate surface area is 115 Å². The van der Waals surface area contributed by atoms with Gasteiger partial charge >= 0.3 is 0 Å². The molecule has 0 bridgehead atoms. The third-order valence-electron chi connectivity index (χ3n) is 3.12. The van der Waals surface area contributed by atoms with E-state index in [2.05, 4.69) is 27.5 Å². The van der Waals surface area contributed by atoms with Gasteiger partial charge in [-0.25, -0.2) is 4.98 Å². The molecule has 3 aromatic rings. The topological polar surface area (TPSA) is 63.8 Å². The molecule has 0 aliphatic carbocycles. The van der Waals surface area contributed by atoms with Crippen LogP contribution in [0.3, 0.4) is 0 Å². The Morgan fingerprint density at radius 2 is 2.11 bits per heavy atom. The average Bonchev–Trinajstić information content (AvgIpc) is 2.97. The minimum atomic E-state index is 0.0408. The van der Waals surface area contributed by atoms with Crippen molar-refractivity contribution in [1.29, 1.82) is 0 Å². The number of pyridine rings is 1. The van der Waals surface area contributed by atoms with Crippen LogP contribution < -0.4 is 11.3 Å². The van der Waals surface area contributed by atoms with Crippen molar-refractivity contribution in [2.45, 2.75) is 12.5 Å². The van der Waals surface area contributed by atoms with Crippen molar-refractivity contribution in [2.24, 2.45) is 5.84 Å². The molecule has 3 N–H and O–H groups in total. The lowest BCUT2D eigenvalue weighted by atomic mass is 9.99. The molecule has 2 aromatic heterocycles. The van der Waals surface area contributed by atoms with E-state index in [1.165, 1.54) is 0 Å². The van der Waals surface area contributed by atoms with Crippen molar-refractivity contribution in [3.8, 4) is 0 Å². The van der Waals surface area contributed by atoms with E-state index in [0.29, 0.717) is 0 Å². The maximum absolute atomic E-state index is 5.72. The SMILES string of the molecule is NNC(Cc1nccs1)c1cccc2ncccc12. The van der Waals surface area contributed by atoms with E-state index in [0.717, 1.165) is 27.9 Å². The summed E-state index contributed by atoms with van der Waals surface area (Å²) >= 11 is 1.64. The van der Waals surface area contributed by atoms with Crippen LogP contribution in [0.4, 0.5) is 0 Å². The number of nitrogens with zero attached hydrogens (tertiary/aromatic N) is 2. The number of aromatic nitrogens is 2. The van der Waals surface area contributed by atoms with Gasteiger partial charge in [0.2, 0.25) is 0 Å². The standard InChI is InChI=1S/C14H14N4S/c15-18-13(9-14-17-7-8-19-14)11-3-1-5-12-10(11)4-2-6-16-12/h1-8,13,18H,9,15H2. The number of nitrogens with two attached hydrogens (primary N) is 1. The Balaban J connectivity index is 2.01. The number of thiazole rings is 1. The highest BCUT2D eigenvalue weighted by atomic mass is 32.1. The fourth-order valence-electron chi connectivity index (χ4n) is 2.22. The number of nitrogens with one attached hydrogen (secondary N) is 1. The predicted octanol–water partition coefficient (Wildman–Crippen LogP) is 2.44. The molecule has 96 valence electrons. The van der Waals surface area contributed by atoms with Crippen LogP contribution in [-0.2, 0) is 6.42 Å². The first-order valence-corrected chi connectivity index (χ1v) is 6.94. The van der Waals surface area contributed by atoms with E-state index in [9.17, 15) is 0 Å². The van der Waals surface area contributed by atoms with E-state index in [-0.39, 0.29) is 6.04 Å². The summed E-state index contributed by atoms with van der Waals surface area (Å²) in [5.74, 6) is 5.72. The first-order valence-electron chi connectivity index (χ1n) is 6.06. The molecule has 19 heavy (non-hydrogen) atoms. The predicted molar refractivity (Wildman–Crippen MR) is 77.6 cm³/mol. The highest BCUT2D eigenvalue weighted by molar-refractivity contribution is 7.09. The van der Waals surface area contributed by atoms with Crippen LogP contribution in [0.1, 0.15) is 16.6 Å². The summed E-state index contributed by atoms with van der Waals surface area (Å²) in [6, 6.07) is 10.2. The monoisotopic (exact) mass is 270 g/mol. The molecule has 0 spiro atoms. The molecular weight excluding hydrogens is 256 g/mol. The Kier molecular flexibility index (Phi) is 3.50. The minimum Gasteiger partial charge on any atom is -0.271 e. The first kappa shape index (κ1) is 12.2. The van der Waals surface area contributed by atoms with E-state index >= 15 is 0 Å². The second kappa shape index (κ2) is 5.44. The molecule has 0 aliphatic rings. The summed E-state index contributed by atoms with van der Waals surface area (Å²) in [5.41, 5.74) is 5.03. The molecule has 2 heterocycles. The largest absolute Gasteiger partial charge is 0.271 e. The van der Waals surface area contributed by atoms with Crippen molar-refractivity contribution in [3.63, 3.8) is 0 Å². The Bertz CT molecular complexity index is 661. The van der Waals surface area contributed by atoms with Gasteiger partial charge in [-0.2, -0.15) is 0 Å². The zero-order chi connectivity index (χ0) is 13.1. The zero-order valence-corrected chi connectivity index (χ0v) is 11.1. The highest BCUT2D eigenvalue weighted by Gasteiger charge is 2.14. The third-order valence-corrected chi connectivity index (χ3v) is 3.92. The second-order valence-electron chi connectivity index (χ2n) is 4.27. The Morgan fingerprint density at radius 1 is 1.16 bits per heavy atom. The maximum atomic E-state index is 5.72. The molecule has 3 rings (SSSR count). The number of benzene rings is 1. The lowest BCUT2D eigenvalue weighted by molar-refractivity contribution is 0.554. The molecule has 0 aliphatic heterocycles. The second-order valence-corrected chi connectivity index (χ2v) is 5.25. The van der Waals surface area contributed by atoms with Gasteiger partial charge in [0, 0.05) is 29.6 Å². The molecule has 1 aromatic carbocycles. The van der Waals surface area contributed by atoms with Gasteiger partial charge in [-0.3, -0.25) is 16.3 Å². The van der Waals surface area contributed by atoms with Gasteiger partial charge in [-0.05, 0) is 17.7 Å². The molecule has 0 saturated carbocycles. The van der Waals surface area contributed by atoms with Gasteiger partial charge in [0.25, 0.3) is 0 Å². The van der Waals surface area contributed by atoms with Crippen LogP contribution in [-0.4, -0.2) is 9.97 Å². The minimum absolute atomic E-state index is 0.0408. The Hall–Kier alpha value is -1.82. The zero-order valence-electron chi connectivity index (χ0n) is 10.3. The van der Waals surface area contributed by atoms with E-state index in [4.69, 9.17) is 5.84 Å². The van der Waals surface area contributed by atoms with Crippen LogP contribution in [0.5, 0.6) is 0 Å². The molecule has 0 fully saturated rings. The number of hydrogen-bond acceptors (Lipinski definition) is 5. The fourth-order valence-corrected chi connectivity index (χ4v) is 2.88. The third kappa shape index (κ3) is 2.49. The summed E-state index contributed by atoms with van der Waals surface area (Å²) in [6.07, 6.45) is 4.40. The number of rotatable bonds is 4. The normalized spacial score (nSPS) is 12.7. The van der Waals surface area contributed by atoms with Crippen LogP contribution in [0, 0.1) is 0 Å². The van der Waals surface area contributed by atoms with Crippen molar-refractivity contribution in [1.82, 2.24) is 15.4 Å². The molecule has 0 radical (unpaired) electrons. The van der Waals surface area contributed by atoms with E-state index in [1.54, 1.807) is 17.5 Å². The lowest BCUT2D eigenvalue weighted by Gasteiger charge is -2.17. The molecule has 1 atom stereocenters. The van der Waals surface area contributed by atoms with Crippen molar-refractivity contribution >= 4 is 22.2 Å². The van der Waals surface area contributed by atoms with Crippen LogP contribution in [0.25, 0.3) is 10.9 Å². The van der Waals surface area contributed by atoms with Crippen LogP contribution >= 0.6 is 11.3 Å². The van der Waals surface area contributed by atoms with E-state index in [1.807, 2.05) is 29.8 Å². The number of hydrazine groups is 1. The molecular formula is C14H14N4S. The van der Waals surface area contributed by atoms with Crippen LogP contribution in [0.15, 0.2) is 48.1 Å². The molecule has 1 unspecified atom stereocenters. The molecule has 0 saturated heterocycles. The van der Waals surface area contributed by atoms with Crippen molar-refractivity contribution < 1.29 is 0 Å². The summed E-state index contributed by atoms with van der Waals surface area (Å²) in [7, 11) is 0. The summed E-state index contributed by atoms with van der Waals surface area (Å²) in [5, 5.41) is 4.18. The van der Waals surface area contributed by atoms with Gasteiger partial charge in [-0.15, -0.1) is 11.3 Å². The summed E-state index contributed by atoms with van der Waals surface area (Å²) < 4.78 is 0. The van der Waals surface area contributed by atoms with Crippen molar-refractivity contribution in [2.75, 3.05) is 0 Å². The summed E-state index contributed by atoms with van der Waals surface area (Å²) in [4.78, 5) is 8.69.